The van der Waals surface area contributed by atoms with E-state index in [0.717, 1.165) is 31.4 Å². The Balaban J connectivity index is 1.57. The first-order chi connectivity index (χ1) is 15.7. The standard InChI is InChI=1S/C24H24F3N3O3/c25-24(26,27)16-9-6-10-17(13-16)28-21(31)14-20-22(32)29-18-11-4-5-12-19(18)30(20)23(33)15-7-2-1-3-8-15/h1-3,6-10,13,18-20H,4-5,11-12,14H2,(H,28,31)(H,29,32)/t18-,19-,20-/m1/s1. The second kappa shape index (κ2) is 9.25. The van der Waals surface area contributed by atoms with E-state index in [9.17, 15) is 27.6 Å². The van der Waals surface area contributed by atoms with Crippen molar-refractivity contribution in [1.82, 2.24) is 10.2 Å². The van der Waals surface area contributed by atoms with Crippen molar-refractivity contribution in [3.63, 3.8) is 0 Å². The van der Waals surface area contributed by atoms with Gasteiger partial charge in [0.05, 0.1) is 18.0 Å². The number of amides is 3. The van der Waals surface area contributed by atoms with E-state index in [1.807, 2.05) is 0 Å². The molecule has 1 saturated heterocycles. The van der Waals surface area contributed by atoms with E-state index >= 15 is 0 Å². The predicted octanol–water partition coefficient (Wildman–Crippen LogP) is 3.99. The average Bonchev–Trinajstić information content (AvgIpc) is 2.79. The largest absolute Gasteiger partial charge is 0.416 e. The third-order valence-corrected chi connectivity index (χ3v) is 6.16. The number of carbonyl (C=O) groups is 3. The molecule has 2 aliphatic rings. The topological polar surface area (TPSA) is 78.5 Å². The molecule has 0 unspecified atom stereocenters. The second-order valence-electron chi connectivity index (χ2n) is 8.39. The number of rotatable bonds is 4. The van der Waals surface area contributed by atoms with E-state index in [2.05, 4.69) is 10.6 Å². The molecule has 0 spiro atoms. The number of hydrogen-bond acceptors (Lipinski definition) is 3. The normalized spacial score (nSPS) is 22.8. The molecule has 9 heteroatoms. The quantitative estimate of drug-likeness (QED) is 0.726. The molecule has 3 amide bonds. The highest BCUT2D eigenvalue weighted by Gasteiger charge is 2.46. The number of anilines is 1. The van der Waals surface area contributed by atoms with Crippen LogP contribution in [0.25, 0.3) is 0 Å². The molecule has 1 aliphatic carbocycles. The van der Waals surface area contributed by atoms with Gasteiger partial charge in [-0.1, -0.05) is 37.1 Å². The fourth-order valence-electron chi connectivity index (χ4n) is 4.62. The van der Waals surface area contributed by atoms with Crippen LogP contribution < -0.4 is 10.6 Å². The lowest BCUT2D eigenvalue weighted by Crippen LogP contribution is -2.68. The van der Waals surface area contributed by atoms with Gasteiger partial charge >= 0.3 is 6.18 Å². The Morgan fingerprint density at radius 2 is 1.76 bits per heavy atom. The third kappa shape index (κ3) is 5.02. The monoisotopic (exact) mass is 459 g/mol. The minimum absolute atomic E-state index is 0.0254. The van der Waals surface area contributed by atoms with E-state index in [1.165, 1.54) is 17.0 Å². The van der Waals surface area contributed by atoms with Crippen molar-refractivity contribution in [2.75, 3.05) is 5.32 Å². The Hall–Kier alpha value is -3.36. The molecule has 6 nitrogen and oxygen atoms in total. The van der Waals surface area contributed by atoms with E-state index < -0.39 is 29.6 Å². The van der Waals surface area contributed by atoms with Gasteiger partial charge in [0, 0.05) is 17.3 Å². The first kappa shape index (κ1) is 22.8. The van der Waals surface area contributed by atoms with Crippen LogP contribution in [0.5, 0.6) is 0 Å². The summed E-state index contributed by atoms with van der Waals surface area (Å²) in [4.78, 5) is 40.6. The molecular formula is C24H24F3N3O3. The summed E-state index contributed by atoms with van der Waals surface area (Å²) in [5, 5.41) is 5.38. The summed E-state index contributed by atoms with van der Waals surface area (Å²) >= 11 is 0. The Kier molecular flexibility index (Phi) is 6.40. The van der Waals surface area contributed by atoms with Crippen molar-refractivity contribution >= 4 is 23.4 Å². The lowest BCUT2D eigenvalue weighted by atomic mass is 9.84. The maximum atomic E-state index is 13.4. The van der Waals surface area contributed by atoms with Crippen LogP contribution >= 0.6 is 0 Å². The van der Waals surface area contributed by atoms with Crippen LogP contribution in [-0.4, -0.2) is 40.7 Å². The fraction of sp³-hybridized carbons (Fsp3) is 0.375. The van der Waals surface area contributed by atoms with Crippen molar-refractivity contribution in [2.45, 2.75) is 56.4 Å². The molecule has 1 aliphatic heterocycles. The molecule has 2 aromatic carbocycles. The zero-order valence-electron chi connectivity index (χ0n) is 17.8. The SMILES string of the molecule is O=C(C[C@@H]1C(=O)N[C@@H]2CCCC[C@H]2N1C(=O)c1ccccc1)Nc1cccc(C(F)(F)F)c1. The maximum Gasteiger partial charge on any atom is 0.416 e. The van der Waals surface area contributed by atoms with Crippen LogP contribution in [0.2, 0.25) is 0 Å². The highest BCUT2D eigenvalue weighted by molar-refractivity contribution is 6.01. The first-order valence-corrected chi connectivity index (χ1v) is 10.9. The number of hydrogen-bond donors (Lipinski definition) is 2. The zero-order valence-corrected chi connectivity index (χ0v) is 17.8. The molecule has 174 valence electrons. The molecule has 33 heavy (non-hydrogen) atoms. The Morgan fingerprint density at radius 3 is 2.48 bits per heavy atom. The van der Waals surface area contributed by atoms with Gasteiger partial charge in [0.25, 0.3) is 5.91 Å². The summed E-state index contributed by atoms with van der Waals surface area (Å²) in [6, 6.07) is 11.4. The van der Waals surface area contributed by atoms with Crippen molar-refractivity contribution < 1.29 is 27.6 Å². The van der Waals surface area contributed by atoms with Gasteiger partial charge in [0.15, 0.2) is 0 Å². The molecule has 2 N–H and O–H groups in total. The first-order valence-electron chi connectivity index (χ1n) is 10.9. The Morgan fingerprint density at radius 1 is 1.03 bits per heavy atom. The van der Waals surface area contributed by atoms with E-state index in [-0.39, 0.29) is 30.1 Å². The summed E-state index contributed by atoms with van der Waals surface area (Å²) in [5.74, 6) is -1.41. The summed E-state index contributed by atoms with van der Waals surface area (Å²) in [6.45, 7) is 0. The van der Waals surface area contributed by atoms with Crippen LogP contribution in [0.4, 0.5) is 18.9 Å². The van der Waals surface area contributed by atoms with Gasteiger partial charge in [-0.2, -0.15) is 13.2 Å². The predicted molar refractivity (Wildman–Crippen MR) is 115 cm³/mol. The summed E-state index contributed by atoms with van der Waals surface area (Å²) in [6.07, 6.45) is -1.61. The van der Waals surface area contributed by atoms with Crippen molar-refractivity contribution in [2.24, 2.45) is 0 Å². The fourth-order valence-corrected chi connectivity index (χ4v) is 4.62. The molecule has 2 aromatic rings. The molecular weight excluding hydrogens is 435 g/mol. The van der Waals surface area contributed by atoms with Gasteiger partial charge in [-0.25, -0.2) is 0 Å². The molecule has 2 fully saturated rings. The van der Waals surface area contributed by atoms with Crippen LogP contribution in [0.1, 0.15) is 48.0 Å². The number of fused-ring (bicyclic) bond motifs is 1. The lowest BCUT2D eigenvalue weighted by molar-refractivity contribution is -0.137. The van der Waals surface area contributed by atoms with Gasteiger partial charge in [-0.3, -0.25) is 14.4 Å². The highest BCUT2D eigenvalue weighted by atomic mass is 19.4. The van der Waals surface area contributed by atoms with Crippen LogP contribution in [-0.2, 0) is 15.8 Å². The molecule has 0 aromatic heterocycles. The van der Waals surface area contributed by atoms with E-state index in [4.69, 9.17) is 0 Å². The number of nitrogens with one attached hydrogen (secondary N) is 2. The average molecular weight is 459 g/mol. The van der Waals surface area contributed by atoms with E-state index in [1.54, 1.807) is 30.3 Å². The Bertz CT molecular complexity index is 1040. The molecule has 1 heterocycles. The minimum atomic E-state index is -4.54. The second-order valence-corrected chi connectivity index (χ2v) is 8.39. The van der Waals surface area contributed by atoms with Crippen LogP contribution in [0.15, 0.2) is 54.6 Å². The number of benzene rings is 2. The number of carbonyl (C=O) groups excluding carboxylic acids is 3. The zero-order chi connectivity index (χ0) is 23.6. The van der Waals surface area contributed by atoms with Gasteiger partial charge in [0.1, 0.15) is 6.04 Å². The molecule has 1 saturated carbocycles. The number of nitrogens with zero attached hydrogens (tertiary/aromatic N) is 1. The van der Waals surface area contributed by atoms with Crippen molar-refractivity contribution in [3.8, 4) is 0 Å². The Labute approximate surface area is 189 Å². The van der Waals surface area contributed by atoms with Gasteiger partial charge < -0.3 is 15.5 Å². The van der Waals surface area contributed by atoms with E-state index in [0.29, 0.717) is 12.0 Å². The van der Waals surface area contributed by atoms with Gasteiger partial charge in [-0.05, 0) is 43.2 Å². The minimum Gasteiger partial charge on any atom is -0.349 e. The summed E-state index contributed by atoms with van der Waals surface area (Å²) < 4.78 is 38.9. The number of halogens is 3. The molecule has 0 radical (unpaired) electrons. The summed E-state index contributed by atoms with van der Waals surface area (Å²) in [7, 11) is 0. The van der Waals surface area contributed by atoms with Gasteiger partial charge in [-0.15, -0.1) is 0 Å². The molecule has 4 rings (SSSR count). The lowest BCUT2D eigenvalue weighted by Gasteiger charge is -2.48. The third-order valence-electron chi connectivity index (χ3n) is 6.16. The maximum absolute atomic E-state index is 13.4. The highest BCUT2D eigenvalue weighted by Crippen LogP contribution is 2.32. The smallest absolute Gasteiger partial charge is 0.349 e. The van der Waals surface area contributed by atoms with Crippen molar-refractivity contribution in [3.05, 3.63) is 65.7 Å². The summed E-state index contributed by atoms with van der Waals surface area (Å²) in [5.41, 5.74) is -0.496. The van der Waals surface area contributed by atoms with Crippen molar-refractivity contribution in [1.29, 1.82) is 0 Å². The van der Waals surface area contributed by atoms with Crippen LogP contribution in [0.3, 0.4) is 0 Å². The molecule has 0 bridgehead atoms. The van der Waals surface area contributed by atoms with Crippen LogP contribution in [0, 0.1) is 0 Å². The number of piperazine rings is 1. The van der Waals surface area contributed by atoms with Gasteiger partial charge in [0.2, 0.25) is 11.8 Å². The molecule has 3 atom stereocenters. The number of alkyl halides is 3.